The van der Waals surface area contributed by atoms with Crippen LogP contribution in [0.15, 0.2) is 57.9 Å². The summed E-state index contributed by atoms with van der Waals surface area (Å²) in [5, 5.41) is 0. The summed E-state index contributed by atoms with van der Waals surface area (Å²) < 4.78 is 34.8. The molecule has 1 fully saturated rings. The maximum atomic E-state index is 12.9. The molecule has 1 aliphatic rings. The van der Waals surface area contributed by atoms with Crippen LogP contribution >= 0.6 is 15.9 Å². The number of ether oxygens (including phenoxy) is 1. The Hall–Kier alpha value is -1.25. The Kier molecular flexibility index (Phi) is 6.47. The molecule has 0 aliphatic carbocycles. The molecule has 0 aromatic heterocycles. The van der Waals surface area contributed by atoms with Crippen molar-refractivity contribution in [1.29, 1.82) is 0 Å². The number of nitrogens with one attached hydrogen (secondary N) is 1. The standard InChI is InChI=1S/C19H23BrN2O3S/c1-15-5-7-16(8-6-15)19(14-22-9-11-25-12-10-22)21-26(23,24)18-4-2-3-17(20)13-18/h2-8,13,19,21H,9-12,14H2,1H3/t19-/m0/s1. The van der Waals surface area contributed by atoms with Crippen molar-refractivity contribution in [3.63, 3.8) is 0 Å². The largest absolute Gasteiger partial charge is 0.379 e. The summed E-state index contributed by atoms with van der Waals surface area (Å²) in [6, 6.07) is 14.4. The number of benzene rings is 2. The first kappa shape index (κ1) is 19.5. The summed E-state index contributed by atoms with van der Waals surface area (Å²) in [5.41, 5.74) is 2.11. The predicted molar refractivity (Wildman–Crippen MR) is 106 cm³/mol. The molecule has 0 bridgehead atoms. The fourth-order valence-electron chi connectivity index (χ4n) is 2.94. The smallest absolute Gasteiger partial charge is 0.241 e. The third kappa shape index (κ3) is 5.14. The quantitative estimate of drug-likeness (QED) is 0.752. The highest BCUT2D eigenvalue weighted by Gasteiger charge is 2.24. The fourth-order valence-corrected chi connectivity index (χ4v) is 4.75. The maximum Gasteiger partial charge on any atom is 0.241 e. The molecule has 2 aromatic carbocycles. The molecule has 1 atom stereocenters. The Morgan fingerprint density at radius 1 is 1.15 bits per heavy atom. The van der Waals surface area contributed by atoms with E-state index in [9.17, 15) is 8.42 Å². The summed E-state index contributed by atoms with van der Waals surface area (Å²) in [4.78, 5) is 2.49. The van der Waals surface area contributed by atoms with E-state index >= 15 is 0 Å². The Balaban J connectivity index is 1.85. The summed E-state index contributed by atoms with van der Waals surface area (Å²) in [6.07, 6.45) is 0. The summed E-state index contributed by atoms with van der Waals surface area (Å²) in [7, 11) is -3.63. The van der Waals surface area contributed by atoms with E-state index in [0.29, 0.717) is 19.8 Å². The maximum absolute atomic E-state index is 12.9. The highest BCUT2D eigenvalue weighted by molar-refractivity contribution is 9.10. The van der Waals surface area contributed by atoms with Crippen LogP contribution in [0.5, 0.6) is 0 Å². The minimum atomic E-state index is -3.63. The molecule has 2 aromatic rings. The van der Waals surface area contributed by atoms with Crippen LogP contribution in [-0.4, -0.2) is 46.2 Å². The molecule has 1 saturated heterocycles. The Labute approximate surface area is 163 Å². The molecule has 0 amide bonds. The molecular formula is C19H23BrN2O3S. The Morgan fingerprint density at radius 2 is 1.85 bits per heavy atom. The molecule has 0 radical (unpaired) electrons. The van der Waals surface area contributed by atoms with Gasteiger partial charge in [-0.05, 0) is 30.7 Å². The first-order chi connectivity index (χ1) is 12.4. The van der Waals surface area contributed by atoms with Gasteiger partial charge in [-0.3, -0.25) is 4.90 Å². The summed E-state index contributed by atoms with van der Waals surface area (Å²) in [5.74, 6) is 0. The van der Waals surface area contributed by atoms with Crippen LogP contribution in [-0.2, 0) is 14.8 Å². The number of hydrogen-bond donors (Lipinski definition) is 1. The third-order valence-electron chi connectivity index (χ3n) is 4.43. The van der Waals surface area contributed by atoms with Crippen molar-refractivity contribution in [1.82, 2.24) is 9.62 Å². The molecule has 140 valence electrons. The van der Waals surface area contributed by atoms with Crippen molar-refractivity contribution in [2.45, 2.75) is 17.9 Å². The Bertz CT molecular complexity index is 834. The lowest BCUT2D eigenvalue weighted by atomic mass is 10.1. The van der Waals surface area contributed by atoms with E-state index in [1.807, 2.05) is 37.3 Å². The molecule has 0 unspecified atom stereocenters. The van der Waals surface area contributed by atoms with Crippen molar-refractivity contribution in [3.05, 3.63) is 64.1 Å². The molecule has 1 heterocycles. The van der Waals surface area contributed by atoms with Gasteiger partial charge in [0.05, 0.1) is 24.2 Å². The number of hydrogen-bond acceptors (Lipinski definition) is 4. The van der Waals surface area contributed by atoms with Gasteiger partial charge < -0.3 is 4.74 Å². The average Bonchev–Trinajstić information content (AvgIpc) is 2.62. The van der Waals surface area contributed by atoms with Gasteiger partial charge >= 0.3 is 0 Å². The topological polar surface area (TPSA) is 58.6 Å². The van der Waals surface area contributed by atoms with Crippen molar-refractivity contribution in [2.75, 3.05) is 32.8 Å². The number of aryl methyl sites for hydroxylation is 1. The van der Waals surface area contributed by atoms with E-state index in [1.165, 1.54) is 0 Å². The lowest BCUT2D eigenvalue weighted by Crippen LogP contribution is -2.43. The minimum Gasteiger partial charge on any atom is -0.379 e. The lowest BCUT2D eigenvalue weighted by Gasteiger charge is -2.31. The van der Waals surface area contributed by atoms with Gasteiger partial charge in [0.15, 0.2) is 0 Å². The van der Waals surface area contributed by atoms with Gasteiger partial charge in [-0.15, -0.1) is 0 Å². The van der Waals surface area contributed by atoms with Gasteiger partial charge in [-0.25, -0.2) is 13.1 Å². The van der Waals surface area contributed by atoms with Crippen LogP contribution in [0.1, 0.15) is 17.2 Å². The second-order valence-electron chi connectivity index (χ2n) is 6.45. The number of nitrogens with zero attached hydrogens (tertiary/aromatic N) is 1. The minimum absolute atomic E-state index is 0.256. The number of morpholine rings is 1. The highest BCUT2D eigenvalue weighted by atomic mass is 79.9. The number of rotatable bonds is 6. The average molecular weight is 439 g/mol. The van der Waals surface area contributed by atoms with Crippen LogP contribution < -0.4 is 4.72 Å². The molecule has 1 N–H and O–H groups in total. The number of halogens is 1. The second kappa shape index (κ2) is 8.63. The van der Waals surface area contributed by atoms with Crippen LogP contribution in [0, 0.1) is 6.92 Å². The Morgan fingerprint density at radius 3 is 2.50 bits per heavy atom. The van der Waals surface area contributed by atoms with Crippen LogP contribution in [0.2, 0.25) is 0 Å². The lowest BCUT2D eigenvalue weighted by molar-refractivity contribution is 0.0345. The molecule has 5 nitrogen and oxygen atoms in total. The van der Waals surface area contributed by atoms with Crippen LogP contribution in [0.3, 0.4) is 0 Å². The van der Waals surface area contributed by atoms with E-state index in [-0.39, 0.29) is 10.9 Å². The summed E-state index contributed by atoms with van der Waals surface area (Å²) in [6.45, 7) is 5.60. The second-order valence-corrected chi connectivity index (χ2v) is 9.08. The molecule has 7 heteroatoms. The summed E-state index contributed by atoms with van der Waals surface area (Å²) >= 11 is 3.34. The zero-order valence-electron chi connectivity index (χ0n) is 14.7. The highest BCUT2D eigenvalue weighted by Crippen LogP contribution is 2.21. The number of sulfonamides is 1. The van der Waals surface area contributed by atoms with Crippen LogP contribution in [0.25, 0.3) is 0 Å². The first-order valence-corrected chi connectivity index (χ1v) is 10.9. The first-order valence-electron chi connectivity index (χ1n) is 8.58. The van der Waals surface area contributed by atoms with E-state index in [0.717, 1.165) is 28.7 Å². The molecule has 3 rings (SSSR count). The zero-order valence-corrected chi connectivity index (χ0v) is 17.1. The fraction of sp³-hybridized carbons (Fsp3) is 0.368. The van der Waals surface area contributed by atoms with Gasteiger partial charge in [0.1, 0.15) is 0 Å². The van der Waals surface area contributed by atoms with Gasteiger partial charge in [0, 0.05) is 24.1 Å². The van der Waals surface area contributed by atoms with Crippen molar-refractivity contribution < 1.29 is 13.2 Å². The molecule has 1 aliphatic heterocycles. The van der Waals surface area contributed by atoms with Gasteiger partial charge in [0.2, 0.25) is 10.0 Å². The third-order valence-corrected chi connectivity index (χ3v) is 6.39. The van der Waals surface area contributed by atoms with E-state index in [1.54, 1.807) is 18.2 Å². The van der Waals surface area contributed by atoms with Crippen molar-refractivity contribution >= 4 is 26.0 Å². The molecular weight excluding hydrogens is 416 g/mol. The van der Waals surface area contributed by atoms with Gasteiger partial charge in [-0.2, -0.15) is 0 Å². The molecule has 0 spiro atoms. The monoisotopic (exact) mass is 438 g/mol. The van der Waals surface area contributed by atoms with Crippen molar-refractivity contribution in [3.8, 4) is 0 Å². The van der Waals surface area contributed by atoms with E-state index < -0.39 is 10.0 Å². The SMILES string of the molecule is Cc1ccc([C@H](CN2CCOCC2)NS(=O)(=O)c2cccc(Br)c2)cc1. The van der Waals surface area contributed by atoms with E-state index in [2.05, 4.69) is 25.6 Å². The van der Waals surface area contributed by atoms with Crippen molar-refractivity contribution in [2.24, 2.45) is 0 Å². The predicted octanol–water partition coefficient (Wildman–Crippen LogP) is 3.11. The molecule has 0 saturated carbocycles. The van der Waals surface area contributed by atoms with Gasteiger partial charge in [0.25, 0.3) is 0 Å². The normalized spacial score (nSPS) is 17.2. The molecule has 26 heavy (non-hydrogen) atoms. The van der Waals surface area contributed by atoms with E-state index in [4.69, 9.17) is 4.74 Å². The zero-order chi connectivity index (χ0) is 18.6. The van der Waals surface area contributed by atoms with Gasteiger partial charge in [-0.1, -0.05) is 51.8 Å². The van der Waals surface area contributed by atoms with Crippen LogP contribution in [0.4, 0.5) is 0 Å².